The molecule has 0 atom stereocenters. The Balaban J connectivity index is 3.40. The molecule has 0 radical (unpaired) electrons. The van der Waals surface area contributed by atoms with E-state index in [0.717, 1.165) is 33.9 Å². The van der Waals surface area contributed by atoms with E-state index in [0.29, 0.717) is 5.56 Å². The number of allylic oxidation sites excluding steroid dienone is 2. The molecular formula is C18H24F3NOS. The van der Waals surface area contributed by atoms with Crippen molar-refractivity contribution in [2.24, 2.45) is 0 Å². The van der Waals surface area contributed by atoms with E-state index in [1.807, 2.05) is 34.7 Å². The Kier molecular flexibility index (Phi) is 7.73. The zero-order valence-corrected chi connectivity index (χ0v) is 15.5. The predicted molar refractivity (Wildman–Crippen MR) is 95.7 cm³/mol. The Morgan fingerprint density at radius 3 is 2.17 bits per heavy atom. The van der Waals surface area contributed by atoms with E-state index >= 15 is 0 Å². The lowest BCUT2D eigenvalue weighted by Gasteiger charge is -2.19. The number of hydrogen-bond acceptors (Lipinski definition) is 3. The highest BCUT2D eigenvalue weighted by atomic mass is 32.2. The number of rotatable bonds is 7. The third-order valence-corrected chi connectivity index (χ3v) is 5.15. The number of ether oxygens (including phenoxy) is 1. The molecule has 1 N–H and O–H groups in total. The van der Waals surface area contributed by atoms with Gasteiger partial charge in [-0.2, -0.15) is 0 Å². The van der Waals surface area contributed by atoms with Gasteiger partial charge in [0.15, 0.2) is 0 Å². The Morgan fingerprint density at radius 2 is 1.67 bits per heavy atom. The molecule has 0 amide bonds. The smallest absolute Gasteiger partial charge is 0.405 e. The number of thioether (sulfide) groups is 1. The minimum atomic E-state index is -4.72. The summed E-state index contributed by atoms with van der Waals surface area (Å²) >= 11 is 1.45. The van der Waals surface area contributed by atoms with Crippen molar-refractivity contribution in [1.29, 1.82) is 0 Å². The monoisotopic (exact) mass is 359 g/mol. The lowest BCUT2D eigenvalue weighted by Crippen LogP contribution is -2.18. The molecule has 1 aromatic rings. The molecule has 6 heteroatoms. The molecule has 0 aromatic heterocycles. The van der Waals surface area contributed by atoms with Crippen molar-refractivity contribution in [3.63, 3.8) is 0 Å². The van der Waals surface area contributed by atoms with Crippen molar-refractivity contribution in [3.8, 4) is 5.75 Å². The Hall–Kier alpha value is -1.56. The van der Waals surface area contributed by atoms with Crippen LogP contribution in [0.4, 0.5) is 13.2 Å². The van der Waals surface area contributed by atoms with Gasteiger partial charge in [0.2, 0.25) is 0 Å². The van der Waals surface area contributed by atoms with Crippen molar-refractivity contribution in [1.82, 2.24) is 5.32 Å². The summed E-state index contributed by atoms with van der Waals surface area (Å²) in [5.41, 5.74) is 2.61. The summed E-state index contributed by atoms with van der Waals surface area (Å²) in [5.74, 6) is -0.176. The first-order chi connectivity index (χ1) is 11.2. The van der Waals surface area contributed by atoms with Crippen LogP contribution in [-0.4, -0.2) is 13.4 Å². The summed E-state index contributed by atoms with van der Waals surface area (Å²) in [6, 6.07) is 6.27. The molecule has 0 saturated carbocycles. The normalized spacial score (nSPS) is 14.0. The van der Waals surface area contributed by atoms with Crippen molar-refractivity contribution in [3.05, 3.63) is 46.0 Å². The van der Waals surface area contributed by atoms with Gasteiger partial charge in [0, 0.05) is 17.5 Å². The summed E-state index contributed by atoms with van der Waals surface area (Å²) < 4.78 is 42.4. The Labute approximate surface area is 146 Å². The molecule has 1 rings (SSSR count). The van der Waals surface area contributed by atoms with Crippen LogP contribution in [0.1, 0.15) is 46.1 Å². The standard InChI is InChI=1S/C18H24F3NOS/c1-6-12(3)16(24-17(22-5)13(4)7-2)14-10-8-9-11-15(14)23-18(19,20)21/h8-11,22H,6-7H2,1-5H3. The van der Waals surface area contributed by atoms with Crippen LogP contribution in [0.5, 0.6) is 5.75 Å². The molecule has 1 aromatic carbocycles. The van der Waals surface area contributed by atoms with Crippen LogP contribution in [-0.2, 0) is 0 Å². The second-order valence-corrected chi connectivity index (χ2v) is 6.34. The minimum Gasteiger partial charge on any atom is -0.405 e. The van der Waals surface area contributed by atoms with Crippen LogP contribution < -0.4 is 10.1 Å². The van der Waals surface area contributed by atoms with Crippen LogP contribution in [0.2, 0.25) is 0 Å². The average Bonchev–Trinajstić information content (AvgIpc) is 2.54. The summed E-state index contributed by atoms with van der Waals surface area (Å²) in [5, 5.41) is 4.09. The maximum Gasteiger partial charge on any atom is 0.573 e. The fraction of sp³-hybridized carbons (Fsp3) is 0.444. The first-order valence-electron chi connectivity index (χ1n) is 7.83. The molecule has 0 heterocycles. The highest BCUT2D eigenvalue weighted by Crippen LogP contribution is 2.42. The van der Waals surface area contributed by atoms with Crippen molar-refractivity contribution in [2.45, 2.75) is 46.9 Å². The maximum atomic E-state index is 12.7. The van der Waals surface area contributed by atoms with Crippen LogP contribution in [0.25, 0.3) is 4.91 Å². The van der Waals surface area contributed by atoms with Gasteiger partial charge in [-0.25, -0.2) is 0 Å². The number of benzene rings is 1. The number of nitrogens with one attached hydrogen (secondary N) is 1. The van der Waals surface area contributed by atoms with Gasteiger partial charge in [-0.05, 0) is 38.3 Å². The fourth-order valence-corrected chi connectivity index (χ4v) is 3.24. The zero-order chi connectivity index (χ0) is 18.3. The molecule has 0 fully saturated rings. The maximum absolute atomic E-state index is 12.7. The largest absolute Gasteiger partial charge is 0.573 e. The molecule has 0 aliphatic carbocycles. The first kappa shape index (κ1) is 20.5. The molecular weight excluding hydrogens is 335 g/mol. The van der Waals surface area contributed by atoms with Gasteiger partial charge in [0.1, 0.15) is 5.75 Å². The molecule has 2 nitrogen and oxygen atoms in total. The summed E-state index contributed by atoms with van der Waals surface area (Å²) in [6.07, 6.45) is -3.11. The minimum absolute atomic E-state index is 0.176. The van der Waals surface area contributed by atoms with Crippen LogP contribution in [0.3, 0.4) is 0 Å². The van der Waals surface area contributed by atoms with E-state index in [-0.39, 0.29) is 5.75 Å². The lowest BCUT2D eigenvalue weighted by atomic mass is 10.1. The number of para-hydroxylation sites is 1. The molecule has 0 bridgehead atoms. The van der Waals surface area contributed by atoms with Gasteiger partial charge in [-0.1, -0.05) is 49.4 Å². The van der Waals surface area contributed by atoms with E-state index in [9.17, 15) is 13.2 Å². The second-order valence-electron chi connectivity index (χ2n) is 5.32. The summed E-state index contributed by atoms with van der Waals surface area (Å²) in [7, 11) is 1.82. The highest BCUT2D eigenvalue weighted by molar-refractivity contribution is 8.11. The number of alkyl halides is 3. The van der Waals surface area contributed by atoms with E-state index < -0.39 is 6.36 Å². The van der Waals surface area contributed by atoms with Crippen LogP contribution in [0.15, 0.2) is 40.4 Å². The Bertz CT molecular complexity index is 621. The van der Waals surface area contributed by atoms with E-state index in [1.165, 1.54) is 17.8 Å². The van der Waals surface area contributed by atoms with Gasteiger partial charge < -0.3 is 10.1 Å². The molecule has 134 valence electrons. The molecule has 24 heavy (non-hydrogen) atoms. The third kappa shape index (κ3) is 5.82. The molecule has 0 aliphatic heterocycles. The summed E-state index contributed by atoms with van der Waals surface area (Å²) in [4.78, 5) is 0.787. The highest BCUT2D eigenvalue weighted by Gasteiger charge is 2.32. The van der Waals surface area contributed by atoms with Crippen molar-refractivity contribution in [2.75, 3.05) is 7.05 Å². The van der Waals surface area contributed by atoms with Gasteiger partial charge >= 0.3 is 6.36 Å². The second kappa shape index (κ2) is 9.06. The predicted octanol–water partition coefficient (Wildman–Crippen LogP) is 6.32. The van der Waals surface area contributed by atoms with Gasteiger partial charge in [0.05, 0.1) is 5.03 Å². The molecule has 0 spiro atoms. The first-order valence-corrected chi connectivity index (χ1v) is 8.65. The van der Waals surface area contributed by atoms with Crippen LogP contribution in [0, 0.1) is 0 Å². The van der Waals surface area contributed by atoms with Crippen LogP contribution >= 0.6 is 11.8 Å². The van der Waals surface area contributed by atoms with E-state index in [1.54, 1.807) is 18.2 Å². The van der Waals surface area contributed by atoms with E-state index in [4.69, 9.17) is 0 Å². The summed E-state index contributed by atoms with van der Waals surface area (Å²) in [6.45, 7) is 7.97. The van der Waals surface area contributed by atoms with Crippen molar-refractivity contribution < 1.29 is 17.9 Å². The van der Waals surface area contributed by atoms with Gasteiger partial charge in [0.25, 0.3) is 0 Å². The number of hydrogen-bond donors (Lipinski definition) is 1. The molecule has 0 aliphatic rings. The lowest BCUT2D eigenvalue weighted by molar-refractivity contribution is -0.274. The van der Waals surface area contributed by atoms with Gasteiger partial charge in [-0.15, -0.1) is 13.2 Å². The fourth-order valence-electron chi connectivity index (χ4n) is 2.01. The topological polar surface area (TPSA) is 21.3 Å². The SMILES string of the molecule is CCC(C)=C(NC)SC(=C(C)CC)c1ccccc1OC(F)(F)F. The third-order valence-electron chi connectivity index (χ3n) is 3.62. The molecule has 0 unspecified atom stereocenters. The quantitative estimate of drug-likeness (QED) is 0.615. The Morgan fingerprint density at radius 1 is 1.08 bits per heavy atom. The molecule has 0 saturated heterocycles. The zero-order valence-electron chi connectivity index (χ0n) is 14.7. The number of halogens is 3. The van der Waals surface area contributed by atoms with Gasteiger partial charge in [-0.3, -0.25) is 0 Å². The van der Waals surface area contributed by atoms with Crippen molar-refractivity contribution >= 4 is 16.7 Å². The average molecular weight is 359 g/mol. The van der Waals surface area contributed by atoms with E-state index in [2.05, 4.69) is 10.1 Å².